The zero-order chi connectivity index (χ0) is 17.7. The van der Waals surface area contributed by atoms with Gasteiger partial charge in [0.1, 0.15) is 10.6 Å². The largest absolute Gasteiger partial charge is 0.495 e. The molecule has 2 rings (SSSR count). The fraction of sp³-hybridized carbons (Fsp3) is 0.562. The Bertz CT molecular complexity index is 683. The monoisotopic (exact) mass is 355 g/mol. The molecule has 7 nitrogen and oxygen atoms in total. The van der Waals surface area contributed by atoms with Crippen LogP contribution in [0.15, 0.2) is 23.1 Å². The van der Waals surface area contributed by atoms with E-state index in [9.17, 15) is 13.2 Å². The number of nitrogens with one attached hydrogen (secondary N) is 3. The highest BCUT2D eigenvalue weighted by atomic mass is 32.2. The zero-order valence-electron chi connectivity index (χ0n) is 14.3. The van der Waals surface area contributed by atoms with Gasteiger partial charge in [-0.15, -0.1) is 0 Å². The van der Waals surface area contributed by atoms with E-state index < -0.39 is 10.0 Å². The molecule has 0 radical (unpaired) electrons. The van der Waals surface area contributed by atoms with Crippen molar-refractivity contribution < 1.29 is 17.9 Å². The van der Waals surface area contributed by atoms with Gasteiger partial charge in [0, 0.05) is 24.2 Å². The van der Waals surface area contributed by atoms with E-state index in [0.29, 0.717) is 6.54 Å². The second-order valence-corrected chi connectivity index (χ2v) is 7.83. The number of rotatable bonds is 7. The van der Waals surface area contributed by atoms with Crippen molar-refractivity contribution in [1.82, 2.24) is 15.4 Å². The maximum Gasteiger partial charge on any atom is 0.251 e. The quantitative estimate of drug-likeness (QED) is 0.674. The summed E-state index contributed by atoms with van der Waals surface area (Å²) in [5.41, 5.74) is 0.290. The molecule has 1 fully saturated rings. The van der Waals surface area contributed by atoms with E-state index in [1.807, 2.05) is 0 Å². The van der Waals surface area contributed by atoms with Crippen molar-refractivity contribution in [2.45, 2.75) is 43.7 Å². The zero-order valence-corrected chi connectivity index (χ0v) is 15.1. The van der Waals surface area contributed by atoms with Crippen LogP contribution >= 0.6 is 0 Å². The van der Waals surface area contributed by atoms with Gasteiger partial charge in [0.05, 0.1) is 7.11 Å². The molecule has 134 valence electrons. The van der Waals surface area contributed by atoms with Crippen LogP contribution in [0.1, 0.15) is 37.0 Å². The minimum absolute atomic E-state index is 0.0367. The molecule has 8 heteroatoms. The van der Waals surface area contributed by atoms with Gasteiger partial charge in [-0.2, -0.15) is 0 Å². The van der Waals surface area contributed by atoms with Crippen molar-refractivity contribution >= 4 is 15.9 Å². The number of hydrogen-bond acceptors (Lipinski definition) is 5. The third kappa shape index (κ3) is 4.68. The molecule has 0 spiro atoms. The van der Waals surface area contributed by atoms with Gasteiger partial charge in [0.25, 0.3) is 5.91 Å². The fourth-order valence-corrected chi connectivity index (χ4v) is 4.10. The van der Waals surface area contributed by atoms with E-state index in [1.165, 1.54) is 19.2 Å². The molecule has 1 heterocycles. The van der Waals surface area contributed by atoms with E-state index in [2.05, 4.69) is 15.4 Å². The smallest absolute Gasteiger partial charge is 0.251 e. The summed E-state index contributed by atoms with van der Waals surface area (Å²) in [5.74, 6) is -0.0930. The molecule has 0 aromatic heterocycles. The van der Waals surface area contributed by atoms with Crippen LogP contribution in [0, 0.1) is 0 Å². The van der Waals surface area contributed by atoms with Crippen molar-refractivity contribution in [2.24, 2.45) is 0 Å². The average Bonchev–Trinajstić information content (AvgIpc) is 3.04. The molecule has 1 unspecified atom stereocenters. The number of methoxy groups -OCH3 is 1. The first-order valence-corrected chi connectivity index (χ1v) is 9.53. The first-order valence-electron chi connectivity index (χ1n) is 8.05. The normalized spacial score (nSPS) is 17.9. The Hall–Kier alpha value is -1.64. The van der Waals surface area contributed by atoms with Crippen LogP contribution in [0.3, 0.4) is 0 Å². The first-order chi connectivity index (χ1) is 11.3. The summed E-state index contributed by atoms with van der Waals surface area (Å²) in [7, 11) is -2.36. The summed E-state index contributed by atoms with van der Waals surface area (Å²) in [4.78, 5) is 12.3. The van der Waals surface area contributed by atoms with Crippen LogP contribution in [0.25, 0.3) is 0 Å². The average molecular weight is 355 g/mol. The number of benzene rings is 1. The third-order valence-corrected chi connectivity index (χ3v) is 5.46. The van der Waals surface area contributed by atoms with Crippen LogP contribution in [-0.2, 0) is 10.0 Å². The minimum Gasteiger partial charge on any atom is -0.495 e. The SMILES string of the molecule is COc1ccc(C(=O)NCC2CCCN2)cc1S(=O)(=O)NC(C)C. The molecule has 3 N–H and O–H groups in total. The Balaban J connectivity index is 2.19. The van der Waals surface area contributed by atoms with Crippen molar-refractivity contribution in [3.8, 4) is 5.75 Å². The van der Waals surface area contributed by atoms with Gasteiger partial charge in [-0.25, -0.2) is 13.1 Å². The highest BCUT2D eigenvalue weighted by molar-refractivity contribution is 7.89. The van der Waals surface area contributed by atoms with E-state index in [4.69, 9.17) is 4.74 Å². The second kappa shape index (κ2) is 7.96. The molecule has 1 aromatic carbocycles. The molecular formula is C16H25N3O4S. The van der Waals surface area contributed by atoms with E-state index in [0.717, 1.165) is 19.4 Å². The number of carbonyl (C=O) groups excluding carboxylic acids is 1. The van der Waals surface area contributed by atoms with Gasteiger partial charge >= 0.3 is 0 Å². The van der Waals surface area contributed by atoms with Crippen LogP contribution in [0.5, 0.6) is 5.75 Å². The van der Waals surface area contributed by atoms with Crippen LogP contribution in [0.4, 0.5) is 0 Å². The standard InChI is InChI=1S/C16H25N3O4S/c1-11(2)19-24(21,22)15-9-12(6-7-14(15)23-3)16(20)18-10-13-5-4-8-17-13/h6-7,9,11,13,17,19H,4-5,8,10H2,1-3H3,(H,18,20). The Morgan fingerprint density at radius 1 is 1.42 bits per heavy atom. The Kier molecular flexibility index (Phi) is 6.20. The molecule has 0 saturated carbocycles. The second-order valence-electron chi connectivity index (χ2n) is 6.14. The molecule has 0 aliphatic carbocycles. The molecule has 24 heavy (non-hydrogen) atoms. The summed E-state index contributed by atoms with van der Waals surface area (Å²) >= 11 is 0. The summed E-state index contributed by atoms with van der Waals surface area (Å²) < 4.78 is 32.5. The lowest BCUT2D eigenvalue weighted by atomic mass is 10.2. The molecule has 1 aliphatic heterocycles. The minimum atomic E-state index is -3.76. The first kappa shape index (κ1) is 18.7. The lowest BCUT2D eigenvalue weighted by Crippen LogP contribution is -2.37. The Morgan fingerprint density at radius 2 is 2.17 bits per heavy atom. The van der Waals surface area contributed by atoms with Crippen molar-refractivity contribution in [1.29, 1.82) is 0 Å². The third-order valence-electron chi connectivity index (χ3n) is 3.78. The summed E-state index contributed by atoms with van der Waals surface area (Å²) in [6.45, 7) is 4.95. The number of amides is 1. The van der Waals surface area contributed by atoms with Crippen LogP contribution in [0.2, 0.25) is 0 Å². The maximum atomic E-state index is 12.4. The number of ether oxygens (including phenoxy) is 1. The highest BCUT2D eigenvalue weighted by Gasteiger charge is 2.23. The molecule has 1 aromatic rings. The molecule has 1 amide bonds. The maximum absolute atomic E-state index is 12.4. The van der Waals surface area contributed by atoms with E-state index >= 15 is 0 Å². The number of carbonyl (C=O) groups is 1. The summed E-state index contributed by atoms with van der Waals surface area (Å²) in [6.07, 6.45) is 2.13. The van der Waals surface area contributed by atoms with E-state index in [1.54, 1.807) is 19.9 Å². The summed E-state index contributed by atoms with van der Waals surface area (Å²) in [6, 6.07) is 4.42. The van der Waals surface area contributed by atoms with Gasteiger partial charge < -0.3 is 15.4 Å². The van der Waals surface area contributed by atoms with Gasteiger partial charge in [-0.05, 0) is 51.4 Å². The highest BCUT2D eigenvalue weighted by Crippen LogP contribution is 2.25. The molecule has 1 aliphatic rings. The van der Waals surface area contributed by atoms with Gasteiger partial charge in [-0.3, -0.25) is 4.79 Å². The lowest BCUT2D eigenvalue weighted by Gasteiger charge is -2.15. The van der Waals surface area contributed by atoms with Gasteiger partial charge in [-0.1, -0.05) is 0 Å². The van der Waals surface area contributed by atoms with Crippen LogP contribution in [-0.4, -0.2) is 46.6 Å². The van der Waals surface area contributed by atoms with Crippen molar-refractivity contribution in [3.63, 3.8) is 0 Å². The number of hydrogen-bond donors (Lipinski definition) is 3. The predicted octanol–water partition coefficient (Wildman–Crippen LogP) is 0.864. The molecular weight excluding hydrogens is 330 g/mol. The summed E-state index contributed by atoms with van der Waals surface area (Å²) in [5, 5.41) is 6.14. The molecule has 0 bridgehead atoms. The lowest BCUT2D eigenvalue weighted by molar-refractivity contribution is 0.0950. The van der Waals surface area contributed by atoms with Crippen LogP contribution < -0.4 is 20.1 Å². The topological polar surface area (TPSA) is 96.5 Å². The molecule has 1 saturated heterocycles. The van der Waals surface area contributed by atoms with Crippen molar-refractivity contribution in [3.05, 3.63) is 23.8 Å². The van der Waals surface area contributed by atoms with E-state index in [-0.39, 0.29) is 34.2 Å². The Morgan fingerprint density at radius 3 is 2.75 bits per heavy atom. The van der Waals surface area contributed by atoms with Gasteiger partial charge in [0.15, 0.2) is 0 Å². The fourth-order valence-electron chi connectivity index (χ4n) is 2.65. The predicted molar refractivity (Wildman–Crippen MR) is 91.8 cm³/mol. The van der Waals surface area contributed by atoms with Crippen molar-refractivity contribution in [2.75, 3.05) is 20.2 Å². The Labute approximate surface area is 143 Å². The number of sulfonamides is 1. The molecule has 1 atom stereocenters. The van der Waals surface area contributed by atoms with Gasteiger partial charge in [0.2, 0.25) is 10.0 Å².